The summed E-state index contributed by atoms with van der Waals surface area (Å²) in [6.45, 7) is 0. The van der Waals surface area contributed by atoms with Crippen molar-refractivity contribution in [2.45, 2.75) is 25.3 Å². The van der Waals surface area contributed by atoms with Crippen molar-refractivity contribution in [2.75, 3.05) is 0 Å². The van der Waals surface area contributed by atoms with E-state index in [4.69, 9.17) is 0 Å². The van der Waals surface area contributed by atoms with Crippen LogP contribution >= 0.6 is 0 Å². The van der Waals surface area contributed by atoms with E-state index in [2.05, 4.69) is 0 Å². The molecule has 0 unspecified atom stereocenters. The van der Waals surface area contributed by atoms with Gasteiger partial charge in [-0.1, -0.05) is 0 Å². The highest BCUT2D eigenvalue weighted by Crippen LogP contribution is 2.22. The number of halogens is 2. The monoisotopic (exact) mass is 107 g/mol. The van der Waals surface area contributed by atoms with E-state index in [9.17, 15) is 8.96 Å². The van der Waals surface area contributed by atoms with Gasteiger partial charge in [0.05, 0.1) is 0 Å². The Morgan fingerprint density at radius 3 is 1.86 bits per heavy atom. The van der Waals surface area contributed by atoms with E-state index in [1.165, 1.54) is 0 Å². The van der Waals surface area contributed by atoms with Gasteiger partial charge in [-0.2, -0.15) is 0 Å². The molecule has 1 aliphatic carbocycles. The zero-order chi connectivity index (χ0) is 5.28. The third kappa shape index (κ3) is 0.881. The summed E-state index contributed by atoms with van der Waals surface area (Å²) in [6, 6.07) is -0.417. The lowest BCUT2D eigenvalue weighted by atomic mass is 9.94. The predicted octanol–water partition coefficient (Wildman–Crippen LogP) is 1.45. The molecule has 0 amide bonds. The molecule has 0 bridgehead atoms. The maximum Gasteiger partial charge on any atom is 0.271 e. The van der Waals surface area contributed by atoms with Crippen molar-refractivity contribution in [1.82, 2.24) is 5.34 Å². The van der Waals surface area contributed by atoms with Crippen molar-refractivity contribution in [2.24, 2.45) is 0 Å². The topological polar surface area (TPSA) is 5.90 Å². The molecule has 0 aromatic heterocycles. The molecule has 0 aliphatic heterocycles. The molecule has 1 radical (unpaired) electrons. The molecular formula is C4H7F2N+. The van der Waals surface area contributed by atoms with Crippen LogP contribution in [0.1, 0.15) is 19.3 Å². The number of rotatable bonds is 1. The third-order valence-corrected chi connectivity index (χ3v) is 1.35. The molecule has 0 heterocycles. The van der Waals surface area contributed by atoms with Gasteiger partial charge in [-0.25, -0.2) is 0 Å². The number of hydrogen-bond acceptors (Lipinski definition) is 1. The summed E-state index contributed by atoms with van der Waals surface area (Å²) in [5.41, 5.74) is 0. The fourth-order valence-electron chi connectivity index (χ4n) is 0.582. The molecule has 1 rings (SSSR count). The summed E-state index contributed by atoms with van der Waals surface area (Å²) in [4.78, 5) is 0. The first kappa shape index (κ1) is 4.97. The van der Waals surface area contributed by atoms with Crippen LogP contribution in [0, 0.1) is 0 Å². The lowest BCUT2D eigenvalue weighted by Gasteiger charge is -2.13. The fraction of sp³-hybridized carbons (Fsp3) is 1.00. The largest absolute Gasteiger partial charge is 0.271 e. The van der Waals surface area contributed by atoms with Gasteiger partial charge in [-0.15, -0.1) is 0 Å². The molecule has 7 heavy (non-hydrogen) atoms. The van der Waals surface area contributed by atoms with Crippen LogP contribution in [-0.2, 0) is 0 Å². The zero-order valence-electron chi connectivity index (χ0n) is 3.90. The highest BCUT2D eigenvalue weighted by atomic mass is 19.4. The highest BCUT2D eigenvalue weighted by Gasteiger charge is 2.37. The van der Waals surface area contributed by atoms with Gasteiger partial charge in [0.15, 0.2) is 0 Å². The van der Waals surface area contributed by atoms with Gasteiger partial charge < -0.3 is 0 Å². The van der Waals surface area contributed by atoms with Crippen LogP contribution in [0.3, 0.4) is 0 Å². The molecule has 3 heteroatoms. The van der Waals surface area contributed by atoms with Crippen molar-refractivity contribution in [1.29, 1.82) is 0 Å². The summed E-state index contributed by atoms with van der Waals surface area (Å²) >= 11 is 0. The molecule has 1 aliphatic rings. The Labute approximate surface area is 40.8 Å². The van der Waals surface area contributed by atoms with Crippen LogP contribution in [0.4, 0.5) is 8.96 Å². The van der Waals surface area contributed by atoms with Gasteiger partial charge in [0, 0.05) is 12.8 Å². The quantitative estimate of drug-likeness (QED) is 0.447. The van der Waals surface area contributed by atoms with E-state index >= 15 is 0 Å². The Bertz CT molecular complexity index is 60.7. The lowest BCUT2D eigenvalue weighted by molar-refractivity contribution is -0.0976. The molecule has 1 saturated carbocycles. The smallest absolute Gasteiger partial charge is 0.0410 e. The fourth-order valence-corrected chi connectivity index (χ4v) is 0.582. The standard InChI is InChI=1S/C4H7F2N/c5-7(6)4-2-1-3-4/h4H,1-3H2/q+1. The molecule has 1 fully saturated rings. The lowest BCUT2D eigenvalue weighted by Crippen LogP contribution is -2.32. The van der Waals surface area contributed by atoms with Gasteiger partial charge in [0.2, 0.25) is 6.04 Å². The van der Waals surface area contributed by atoms with Crippen LogP contribution in [-0.4, -0.2) is 6.04 Å². The second kappa shape index (κ2) is 1.74. The minimum absolute atomic E-state index is 0.417. The Morgan fingerprint density at radius 2 is 1.86 bits per heavy atom. The second-order valence-electron chi connectivity index (χ2n) is 1.84. The van der Waals surface area contributed by atoms with Crippen LogP contribution in [0.25, 0.3) is 0 Å². The van der Waals surface area contributed by atoms with Crippen molar-refractivity contribution >= 4 is 0 Å². The van der Waals surface area contributed by atoms with E-state index in [-0.39, 0.29) is 0 Å². The van der Waals surface area contributed by atoms with E-state index in [1.54, 1.807) is 0 Å². The summed E-state index contributed by atoms with van der Waals surface area (Å²) in [7, 11) is 0. The first-order valence-corrected chi connectivity index (χ1v) is 2.41. The maximum absolute atomic E-state index is 11.3. The summed E-state index contributed by atoms with van der Waals surface area (Å²) in [5, 5.41) is -0.691. The summed E-state index contributed by atoms with van der Waals surface area (Å²) in [5.74, 6) is 0. The molecule has 0 atom stereocenters. The second-order valence-corrected chi connectivity index (χ2v) is 1.84. The average Bonchev–Trinajstić information content (AvgIpc) is 1.23. The highest BCUT2D eigenvalue weighted by molar-refractivity contribution is 4.73. The first-order valence-electron chi connectivity index (χ1n) is 2.41. The van der Waals surface area contributed by atoms with Gasteiger partial charge in [-0.05, 0) is 6.42 Å². The molecule has 41 valence electrons. The van der Waals surface area contributed by atoms with Gasteiger partial charge >= 0.3 is 0 Å². The van der Waals surface area contributed by atoms with Crippen molar-refractivity contribution < 1.29 is 8.96 Å². The Kier molecular flexibility index (Phi) is 1.23. The van der Waals surface area contributed by atoms with Crippen LogP contribution < -0.4 is 5.34 Å². The first-order chi connectivity index (χ1) is 3.30. The molecule has 0 aromatic rings. The van der Waals surface area contributed by atoms with Gasteiger partial charge in [0.25, 0.3) is 5.34 Å². The van der Waals surface area contributed by atoms with Crippen molar-refractivity contribution in [3.05, 3.63) is 0 Å². The zero-order valence-corrected chi connectivity index (χ0v) is 3.90. The molecular weight excluding hydrogens is 100 g/mol. The van der Waals surface area contributed by atoms with Gasteiger partial charge in [0.1, 0.15) is 8.96 Å². The van der Waals surface area contributed by atoms with Gasteiger partial charge in [-0.3, -0.25) is 0 Å². The number of nitrogens with zero attached hydrogens (tertiary/aromatic N) is 1. The van der Waals surface area contributed by atoms with E-state index in [0.29, 0.717) is 12.8 Å². The maximum atomic E-state index is 11.3. The van der Waals surface area contributed by atoms with Crippen LogP contribution in [0.2, 0.25) is 0 Å². The molecule has 0 saturated heterocycles. The summed E-state index contributed by atoms with van der Waals surface area (Å²) in [6.07, 6.45) is 2.31. The molecule has 0 spiro atoms. The Morgan fingerprint density at radius 1 is 1.29 bits per heavy atom. The minimum atomic E-state index is -0.691. The Balaban J connectivity index is 2.14. The predicted molar refractivity (Wildman–Crippen MR) is 22.0 cm³/mol. The van der Waals surface area contributed by atoms with Crippen LogP contribution in [0.5, 0.6) is 0 Å². The molecule has 1 nitrogen and oxygen atoms in total. The van der Waals surface area contributed by atoms with E-state index in [1.807, 2.05) is 0 Å². The van der Waals surface area contributed by atoms with E-state index < -0.39 is 11.4 Å². The third-order valence-electron chi connectivity index (χ3n) is 1.35. The minimum Gasteiger partial charge on any atom is -0.0410 e. The summed E-state index contributed by atoms with van der Waals surface area (Å²) < 4.78 is 22.6. The molecule has 0 aromatic carbocycles. The average molecular weight is 107 g/mol. The number of hydrogen-bond donors (Lipinski definition) is 0. The van der Waals surface area contributed by atoms with E-state index in [0.717, 1.165) is 6.42 Å². The van der Waals surface area contributed by atoms with Crippen LogP contribution in [0.15, 0.2) is 0 Å². The normalized spacial score (nSPS) is 22.7. The SMILES string of the molecule is F[N+](F)C1CCC1. The van der Waals surface area contributed by atoms with Crippen molar-refractivity contribution in [3.63, 3.8) is 0 Å². The molecule has 0 N–H and O–H groups in total. The van der Waals surface area contributed by atoms with Crippen molar-refractivity contribution in [3.8, 4) is 0 Å². The Hall–Kier alpha value is -0.180.